The molecule has 2 N–H and O–H groups in total. The lowest BCUT2D eigenvalue weighted by Gasteiger charge is -2.27. The monoisotopic (exact) mass is 545 g/mol. The lowest BCUT2D eigenvalue weighted by molar-refractivity contribution is -0.120. The molecule has 1 unspecified atom stereocenters. The van der Waals surface area contributed by atoms with Gasteiger partial charge >= 0.3 is 6.03 Å². The third-order valence-electron chi connectivity index (χ3n) is 6.20. The van der Waals surface area contributed by atoms with Gasteiger partial charge in [0, 0.05) is 37.5 Å². The van der Waals surface area contributed by atoms with Crippen molar-refractivity contribution < 1.29 is 18.5 Å². The van der Waals surface area contributed by atoms with Crippen LogP contribution >= 0.6 is 0 Å². The van der Waals surface area contributed by atoms with Gasteiger partial charge in [0.15, 0.2) is 11.0 Å². The Morgan fingerprint density at radius 1 is 1.03 bits per heavy atom. The normalized spacial score (nSPS) is 12.3. The van der Waals surface area contributed by atoms with Crippen LogP contribution in [0.1, 0.15) is 12.5 Å². The Hall–Kier alpha value is -4.44. The first-order chi connectivity index (χ1) is 18.9. The van der Waals surface area contributed by atoms with Gasteiger partial charge in [0.05, 0.1) is 17.7 Å². The first-order valence-corrected chi connectivity index (χ1v) is 13.6. The number of benzene rings is 3. The van der Waals surface area contributed by atoms with Crippen molar-refractivity contribution in [3.63, 3.8) is 0 Å². The number of hydrogen-bond acceptors (Lipinski definition) is 5. The Labute approximate surface area is 230 Å². The van der Waals surface area contributed by atoms with E-state index in [0.29, 0.717) is 22.9 Å². The fraction of sp³-hybridized carbons (Fsp3) is 0.207. The molecule has 1 heterocycles. The number of aromatic nitrogens is 2. The van der Waals surface area contributed by atoms with Crippen molar-refractivity contribution >= 4 is 28.6 Å². The van der Waals surface area contributed by atoms with Crippen molar-refractivity contribution in [2.75, 3.05) is 18.6 Å². The minimum Gasteiger partial charge on any atom is -0.497 e. The van der Waals surface area contributed by atoms with Gasteiger partial charge in [0.1, 0.15) is 11.8 Å². The van der Waals surface area contributed by atoms with Crippen LogP contribution in [0.15, 0.2) is 96.0 Å². The highest BCUT2D eigenvalue weighted by molar-refractivity contribution is 7.83. The number of rotatable bonds is 10. The van der Waals surface area contributed by atoms with E-state index in [2.05, 4.69) is 15.1 Å². The number of likely N-dealkylation sites (N-methyl/N-ethyl adjacent to an activating group) is 1. The number of nitrogens with one attached hydrogen (secondary N) is 2. The number of carbonyl (C=O) groups is 2. The van der Waals surface area contributed by atoms with Crippen LogP contribution in [-0.2, 0) is 29.2 Å². The van der Waals surface area contributed by atoms with E-state index < -0.39 is 23.1 Å². The van der Waals surface area contributed by atoms with Gasteiger partial charge in [-0.05, 0) is 55.0 Å². The standard InChI is InChI=1S/C29H31N5O4S/c1-4-34(23-13-15-24(38-3)16-14-23)28(35)26(19-21-9-6-5-7-10-21)31-29(36)32-39(37)25-12-8-11-22(20-25)27-17-18-30-33(27)2/h5-18,20,26H,4,19H2,1-3H3,(H2,31,32,36)/t26-,39?/m0/s1. The summed E-state index contributed by atoms with van der Waals surface area (Å²) < 4.78 is 22.5. The summed E-state index contributed by atoms with van der Waals surface area (Å²) in [5.74, 6) is 0.390. The molecule has 0 fully saturated rings. The number of nitrogens with zero attached hydrogens (tertiary/aromatic N) is 3. The number of anilines is 1. The molecule has 39 heavy (non-hydrogen) atoms. The molecule has 10 heteroatoms. The summed E-state index contributed by atoms with van der Waals surface area (Å²) >= 11 is 0. The maximum Gasteiger partial charge on any atom is 0.327 e. The number of aryl methyl sites for hydroxylation is 1. The molecule has 2 atom stereocenters. The summed E-state index contributed by atoms with van der Waals surface area (Å²) in [5.41, 5.74) is 3.23. The van der Waals surface area contributed by atoms with E-state index in [0.717, 1.165) is 16.8 Å². The van der Waals surface area contributed by atoms with Gasteiger partial charge in [-0.25, -0.2) is 9.00 Å². The molecule has 9 nitrogen and oxygen atoms in total. The zero-order valence-electron chi connectivity index (χ0n) is 22.0. The van der Waals surface area contributed by atoms with Gasteiger partial charge in [-0.1, -0.05) is 42.5 Å². The molecule has 3 aromatic carbocycles. The first kappa shape index (κ1) is 27.6. The highest BCUT2D eigenvalue weighted by atomic mass is 32.2. The topological polar surface area (TPSA) is 106 Å². The predicted molar refractivity (Wildman–Crippen MR) is 152 cm³/mol. The fourth-order valence-corrected chi connectivity index (χ4v) is 5.01. The molecule has 0 aliphatic rings. The Morgan fingerprint density at radius 3 is 2.41 bits per heavy atom. The van der Waals surface area contributed by atoms with Gasteiger partial charge in [-0.15, -0.1) is 0 Å². The van der Waals surface area contributed by atoms with Crippen LogP contribution in [0, 0.1) is 0 Å². The first-order valence-electron chi connectivity index (χ1n) is 12.5. The smallest absolute Gasteiger partial charge is 0.327 e. The van der Waals surface area contributed by atoms with Crippen LogP contribution in [-0.4, -0.2) is 45.6 Å². The van der Waals surface area contributed by atoms with E-state index in [4.69, 9.17) is 4.74 Å². The lowest BCUT2D eigenvalue weighted by atomic mass is 10.0. The summed E-state index contributed by atoms with van der Waals surface area (Å²) in [6, 6.07) is 23.9. The molecule has 0 saturated heterocycles. The predicted octanol–water partition coefficient (Wildman–Crippen LogP) is 4.08. The van der Waals surface area contributed by atoms with Crippen LogP contribution in [0.5, 0.6) is 5.75 Å². The SMILES string of the molecule is CCN(C(=O)[C@H](Cc1ccccc1)NC(=O)NS(=O)c1cccc(-c2ccnn2C)c1)c1ccc(OC)cc1. The third kappa shape index (κ3) is 6.91. The summed E-state index contributed by atoms with van der Waals surface area (Å²) in [5, 5.41) is 6.92. The van der Waals surface area contributed by atoms with Crippen molar-refractivity contribution in [2.45, 2.75) is 24.3 Å². The number of hydrogen-bond donors (Lipinski definition) is 2. The average molecular weight is 546 g/mol. The van der Waals surface area contributed by atoms with E-state index in [-0.39, 0.29) is 12.3 Å². The highest BCUT2D eigenvalue weighted by Crippen LogP contribution is 2.22. The summed E-state index contributed by atoms with van der Waals surface area (Å²) in [6.07, 6.45) is 1.95. The van der Waals surface area contributed by atoms with Crippen LogP contribution in [0.3, 0.4) is 0 Å². The molecule has 0 aliphatic heterocycles. The van der Waals surface area contributed by atoms with Gasteiger partial charge in [0.25, 0.3) is 0 Å². The summed E-state index contributed by atoms with van der Waals surface area (Å²) in [6.45, 7) is 2.26. The van der Waals surface area contributed by atoms with E-state index in [9.17, 15) is 13.8 Å². The van der Waals surface area contributed by atoms with Crippen LogP contribution < -0.4 is 19.7 Å². The molecule has 0 spiro atoms. The zero-order valence-corrected chi connectivity index (χ0v) is 22.9. The lowest BCUT2D eigenvalue weighted by Crippen LogP contribution is -2.52. The fourth-order valence-electron chi connectivity index (χ4n) is 4.22. The Morgan fingerprint density at radius 2 is 1.77 bits per heavy atom. The minimum absolute atomic E-state index is 0.266. The molecule has 4 aromatic rings. The van der Waals surface area contributed by atoms with Crippen molar-refractivity contribution in [2.24, 2.45) is 7.05 Å². The van der Waals surface area contributed by atoms with Gasteiger partial charge in [-0.2, -0.15) is 5.10 Å². The van der Waals surface area contributed by atoms with Crippen molar-refractivity contribution in [1.82, 2.24) is 19.8 Å². The summed E-state index contributed by atoms with van der Waals surface area (Å²) in [4.78, 5) is 28.7. The second-order valence-electron chi connectivity index (χ2n) is 8.73. The van der Waals surface area contributed by atoms with Crippen molar-refractivity contribution in [1.29, 1.82) is 0 Å². The minimum atomic E-state index is -1.85. The average Bonchev–Trinajstić information content (AvgIpc) is 3.39. The van der Waals surface area contributed by atoms with Crippen LogP contribution in [0.2, 0.25) is 0 Å². The van der Waals surface area contributed by atoms with E-state index in [1.807, 2.05) is 56.4 Å². The molecule has 4 rings (SSSR count). The maximum atomic E-state index is 13.7. The Balaban J connectivity index is 1.51. The molecule has 1 aromatic heterocycles. The molecule has 3 amide bonds. The van der Waals surface area contributed by atoms with Gasteiger partial charge < -0.3 is 15.0 Å². The quantitative estimate of drug-likeness (QED) is 0.312. The second kappa shape index (κ2) is 12.9. The molecule has 0 aliphatic carbocycles. The number of ether oxygens (including phenoxy) is 1. The highest BCUT2D eigenvalue weighted by Gasteiger charge is 2.27. The number of amides is 3. The second-order valence-corrected chi connectivity index (χ2v) is 9.95. The van der Waals surface area contributed by atoms with Crippen LogP contribution in [0.4, 0.5) is 10.5 Å². The van der Waals surface area contributed by atoms with Crippen molar-refractivity contribution in [3.8, 4) is 17.0 Å². The van der Waals surface area contributed by atoms with Gasteiger partial charge in [-0.3, -0.25) is 14.2 Å². The van der Waals surface area contributed by atoms with E-state index in [1.165, 1.54) is 0 Å². The molecular formula is C29H31N5O4S. The molecule has 0 bridgehead atoms. The van der Waals surface area contributed by atoms with Crippen molar-refractivity contribution in [3.05, 3.63) is 96.7 Å². The zero-order chi connectivity index (χ0) is 27.8. The number of methoxy groups -OCH3 is 1. The van der Waals surface area contributed by atoms with Gasteiger partial charge in [0.2, 0.25) is 5.91 Å². The molecule has 202 valence electrons. The molecule has 0 radical (unpaired) electrons. The largest absolute Gasteiger partial charge is 0.497 e. The molecular weight excluding hydrogens is 514 g/mol. The summed E-state index contributed by atoms with van der Waals surface area (Å²) in [7, 11) is 1.55. The third-order valence-corrected chi connectivity index (χ3v) is 7.26. The molecule has 0 saturated carbocycles. The Kier molecular flexibility index (Phi) is 9.11. The maximum absolute atomic E-state index is 13.7. The van der Waals surface area contributed by atoms with Crippen LogP contribution in [0.25, 0.3) is 11.3 Å². The van der Waals surface area contributed by atoms with E-state index in [1.54, 1.807) is 65.4 Å². The Bertz CT molecular complexity index is 1440. The van der Waals surface area contributed by atoms with E-state index >= 15 is 0 Å². The number of carbonyl (C=O) groups excluding carboxylic acids is 2. The number of urea groups is 1.